The number of amides is 3. The van der Waals surface area contributed by atoms with Crippen molar-refractivity contribution in [3.8, 4) is 5.75 Å². The molecule has 3 amide bonds. The Hall–Kier alpha value is -3.73. The highest BCUT2D eigenvalue weighted by atomic mass is 16.3. The van der Waals surface area contributed by atoms with Crippen LogP contribution in [0.3, 0.4) is 0 Å². The lowest BCUT2D eigenvalue weighted by molar-refractivity contribution is -0.145. The first-order valence-corrected chi connectivity index (χ1v) is 13.1. The van der Waals surface area contributed by atoms with Gasteiger partial charge < -0.3 is 20.6 Å². The van der Waals surface area contributed by atoms with E-state index in [-0.39, 0.29) is 23.5 Å². The molecule has 11 nitrogen and oxygen atoms in total. The molecule has 2 aromatic rings. The van der Waals surface area contributed by atoms with E-state index in [0.29, 0.717) is 25.9 Å². The van der Waals surface area contributed by atoms with Gasteiger partial charge in [0.15, 0.2) is 5.69 Å². The van der Waals surface area contributed by atoms with Gasteiger partial charge >= 0.3 is 11.8 Å². The Balaban J connectivity index is 1.39. The van der Waals surface area contributed by atoms with Crippen LogP contribution in [0, 0.1) is 5.92 Å². The molecule has 4 aliphatic rings. The Bertz CT molecular complexity index is 1300. The monoisotopic (exact) mass is 522 g/mol. The third-order valence-corrected chi connectivity index (χ3v) is 8.00. The maximum absolute atomic E-state index is 13.3. The normalized spacial score (nSPS) is 24.4. The molecule has 4 heterocycles. The fraction of sp³-hybridized carbons (Fsp3) is 0.519. The topological polar surface area (TPSA) is 137 Å². The molecule has 6 rings (SSSR count). The molecular weight excluding hydrogens is 488 g/mol. The summed E-state index contributed by atoms with van der Waals surface area (Å²) >= 11 is 0. The highest BCUT2D eigenvalue weighted by molar-refractivity contribution is 6.35. The molecule has 1 aromatic heterocycles. The van der Waals surface area contributed by atoms with Crippen LogP contribution in [-0.2, 0) is 28.2 Å². The van der Waals surface area contributed by atoms with E-state index in [1.807, 2.05) is 18.2 Å². The van der Waals surface area contributed by atoms with Crippen molar-refractivity contribution in [1.82, 2.24) is 30.0 Å². The molecule has 1 saturated carbocycles. The largest absolute Gasteiger partial charge is 0.501 e. The molecule has 3 aliphatic heterocycles. The van der Waals surface area contributed by atoms with Gasteiger partial charge in [-0.1, -0.05) is 30.3 Å². The summed E-state index contributed by atoms with van der Waals surface area (Å²) in [7, 11) is 2.98. The summed E-state index contributed by atoms with van der Waals surface area (Å²) in [6.07, 6.45) is 3.15. The first kappa shape index (κ1) is 25.9. The zero-order chi connectivity index (χ0) is 27.0. The van der Waals surface area contributed by atoms with Gasteiger partial charge in [0.1, 0.15) is 5.82 Å². The SMILES string of the molecule is CN(C)C(=O)C(=O)NC12CCC(CC1)Cn1c2nc(C(=O)NC2CCN(Cc3ccccc3)C2)c(O)c1=O. The lowest BCUT2D eigenvalue weighted by Gasteiger charge is -2.37. The number of carbonyl (C=O) groups excluding carboxylic acids is 3. The fourth-order valence-corrected chi connectivity index (χ4v) is 5.92. The number of likely N-dealkylation sites (tertiary alicyclic amines) is 1. The number of hydrogen-bond acceptors (Lipinski definition) is 7. The third-order valence-electron chi connectivity index (χ3n) is 8.00. The molecule has 1 atom stereocenters. The average molecular weight is 523 g/mol. The summed E-state index contributed by atoms with van der Waals surface area (Å²) in [5.74, 6) is -2.42. The zero-order valence-electron chi connectivity index (χ0n) is 21.8. The quantitative estimate of drug-likeness (QED) is 0.488. The predicted molar refractivity (Wildman–Crippen MR) is 138 cm³/mol. The van der Waals surface area contributed by atoms with Crippen molar-refractivity contribution in [2.75, 3.05) is 27.2 Å². The second kappa shape index (κ2) is 10.2. The minimum atomic E-state index is -1.07. The number of carbonyl (C=O) groups is 3. The van der Waals surface area contributed by atoms with E-state index < -0.39 is 34.6 Å². The first-order chi connectivity index (χ1) is 18.2. The van der Waals surface area contributed by atoms with Crippen molar-refractivity contribution < 1.29 is 19.5 Å². The first-order valence-electron chi connectivity index (χ1n) is 13.1. The molecule has 0 radical (unpaired) electrons. The minimum Gasteiger partial charge on any atom is -0.501 e. The van der Waals surface area contributed by atoms with E-state index >= 15 is 0 Å². The van der Waals surface area contributed by atoms with E-state index in [1.165, 1.54) is 29.1 Å². The second-order valence-electron chi connectivity index (χ2n) is 10.9. The number of nitrogens with one attached hydrogen (secondary N) is 2. The van der Waals surface area contributed by atoms with Crippen LogP contribution in [0.4, 0.5) is 0 Å². The summed E-state index contributed by atoms with van der Waals surface area (Å²) in [6, 6.07) is 9.93. The maximum atomic E-state index is 13.3. The number of aromatic hydroxyl groups is 1. The summed E-state index contributed by atoms with van der Waals surface area (Å²) in [5.41, 5.74) is -0.936. The predicted octanol–water partition coefficient (Wildman–Crippen LogP) is 0.557. The van der Waals surface area contributed by atoms with Crippen LogP contribution in [0.5, 0.6) is 5.75 Å². The van der Waals surface area contributed by atoms with Crippen molar-refractivity contribution in [2.24, 2.45) is 5.92 Å². The van der Waals surface area contributed by atoms with Crippen LogP contribution in [0.15, 0.2) is 35.1 Å². The number of fused-ring (bicyclic) bond motifs is 2. The van der Waals surface area contributed by atoms with E-state index in [2.05, 4.69) is 32.7 Å². The van der Waals surface area contributed by atoms with E-state index in [4.69, 9.17) is 0 Å². The molecule has 1 saturated heterocycles. The lowest BCUT2D eigenvalue weighted by atomic mass is 9.77. The van der Waals surface area contributed by atoms with Gasteiger partial charge in [-0.25, -0.2) is 4.98 Å². The van der Waals surface area contributed by atoms with Gasteiger partial charge in [-0.15, -0.1) is 0 Å². The van der Waals surface area contributed by atoms with Gasteiger partial charge in [0.05, 0.1) is 5.54 Å². The van der Waals surface area contributed by atoms with E-state index in [1.54, 1.807) is 0 Å². The smallest absolute Gasteiger partial charge is 0.311 e. The Morgan fingerprint density at radius 2 is 1.82 bits per heavy atom. The van der Waals surface area contributed by atoms with Crippen molar-refractivity contribution in [3.63, 3.8) is 0 Å². The zero-order valence-corrected chi connectivity index (χ0v) is 21.8. The van der Waals surface area contributed by atoms with Gasteiger partial charge in [0, 0.05) is 46.3 Å². The van der Waals surface area contributed by atoms with Gasteiger partial charge in [-0.05, 0) is 43.6 Å². The summed E-state index contributed by atoms with van der Waals surface area (Å²) in [6.45, 7) is 2.56. The molecule has 1 unspecified atom stereocenters. The molecule has 1 aliphatic carbocycles. The van der Waals surface area contributed by atoms with Gasteiger partial charge in [0.25, 0.3) is 11.5 Å². The molecule has 1 aromatic carbocycles. The van der Waals surface area contributed by atoms with Crippen molar-refractivity contribution in [3.05, 3.63) is 57.8 Å². The molecule has 3 N–H and O–H groups in total. The average Bonchev–Trinajstić information content (AvgIpc) is 3.20. The van der Waals surface area contributed by atoms with Crippen LogP contribution in [0.25, 0.3) is 0 Å². The van der Waals surface area contributed by atoms with Crippen molar-refractivity contribution >= 4 is 17.7 Å². The minimum absolute atomic E-state index is 0.156. The number of likely N-dealkylation sites (N-methyl/N-ethyl adjacent to an activating group) is 1. The van der Waals surface area contributed by atoms with E-state index in [9.17, 15) is 24.3 Å². The Labute approximate surface area is 220 Å². The molecule has 2 bridgehead atoms. The van der Waals surface area contributed by atoms with Crippen LogP contribution >= 0.6 is 0 Å². The summed E-state index contributed by atoms with van der Waals surface area (Å²) in [4.78, 5) is 59.6. The number of nitrogens with zero attached hydrogens (tertiary/aromatic N) is 4. The van der Waals surface area contributed by atoms with Crippen molar-refractivity contribution in [1.29, 1.82) is 0 Å². The standard InChI is InChI=1S/C27H34N6O5/c1-31(2)25(38)23(36)30-27-11-8-18(9-12-27)15-33-24(37)21(34)20(29-26(27)33)22(35)28-19-10-13-32(16-19)14-17-6-4-3-5-7-17/h3-7,18-19,34H,8-16H2,1-2H3,(H,28,35)(H,30,36). The molecule has 2 fully saturated rings. The summed E-state index contributed by atoms with van der Waals surface area (Å²) in [5, 5.41) is 16.5. The fourth-order valence-electron chi connectivity index (χ4n) is 5.92. The van der Waals surface area contributed by atoms with Crippen molar-refractivity contribution in [2.45, 2.75) is 56.8 Å². The number of aromatic nitrogens is 2. The maximum Gasteiger partial charge on any atom is 0.311 e. The second-order valence-corrected chi connectivity index (χ2v) is 10.9. The van der Waals surface area contributed by atoms with Gasteiger partial charge in [-0.3, -0.25) is 28.6 Å². The van der Waals surface area contributed by atoms with Crippen LogP contribution in [-0.4, -0.2) is 75.4 Å². The highest BCUT2D eigenvalue weighted by Crippen LogP contribution is 2.43. The molecule has 38 heavy (non-hydrogen) atoms. The molecule has 202 valence electrons. The highest BCUT2D eigenvalue weighted by Gasteiger charge is 2.47. The molecule has 11 heteroatoms. The number of hydrogen-bond donors (Lipinski definition) is 3. The third kappa shape index (κ3) is 4.90. The lowest BCUT2D eigenvalue weighted by Crippen LogP contribution is -2.53. The number of rotatable bonds is 5. The Kier molecular flexibility index (Phi) is 6.95. The van der Waals surface area contributed by atoms with Crippen LogP contribution < -0.4 is 16.2 Å². The number of benzene rings is 1. The molecule has 0 spiro atoms. The Morgan fingerprint density at radius 1 is 1.11 bits per heavy atom. The van der Waals surface area contributed by atoms with E-state index in [0.717, 1.165) is 32.4 Å². The van der Waals surface area contributed by atoms with Crippen LogP contribution in [0.2, 0.25) is 0 Å². The van der Waals surface area contributed by atoms with Crippen LogP contribution in [0.1, 0.15) is 54.0 Å². The van der Waals surface area contributed by atoms with Gasteiger partial charge in [0.2, 0.25) is 5.75 Å². The summed E-state index contributed by atoms with van der Waals surface area (Å²) < 4.78 is 1.37. The Morgan fingerprint density at radius 3 is 2.50 bits per heavy atom. The van der Waals surface area contributed by atoms with Gasteiger partial charge in [-0.2, -0.15) is 0 Å². The molecular formula is C27H34N6O5.